The standard InChI is InChI=1S/C18H20N2O7/c1-9(25)15-16(14(4-19-8-24)20-17(15)18(26)27)11-3-2-10(5-21)12(6-22)13(11)7-23/h2-4,20-24H,5-8H2,1H3,(H,26,27)/b19-4+. The Balaban J connectivity index is 2.94. The number of carbonyl (C=O) groups excluding carboxylic acids is 1. The summed E-state index contributed by atoms with van der Waals surface area (Å²) in [4.78, 5) is 30.1. The number of Topliss-reactive ketones (excluding diaryl/α,β-unsaturated/α-hetero) is 1. The highest BCUT2D eigenvalue weighted by Crippen LogP contribution is 2.35. The first kappa shape index (κ1) is 20.5. The van der Waals surface area contributed by atoms with Crippen LogP contribution in [0.15, 0.2) is 17.1 Å². The minimum atomic E-state index is -1.36. The molecule has 1 heterocycles. The molecule has 0 fully saturated rings. The van der Waals surface area contributed by atoms with Gasteiger partial charge in [0.15, 0.2) is 5.78 Å². The molecule has 0 bridgehead atoms. The largest absolute Gasteiger partial charge is 0.477 e. The van der Waals surface area contributed by atoms with Gasteiger partial charge < -0.3 is 30.5 Å². The topological polar surface area (TPSA) is 163 Å². The summed E-state index contributed by atoms with van der Waals surface area (Å²) < 4.78 is 0. The zero-order valence-electron chi connectivity index (χ0n) is 14.6. The molecule has 0 atom stereocenters. The van der Waals surface area contributed by atoms with Gasteiger partial charge in [-0.25, -0.2) is 4.79 Å². The smallest absolute Gasteiger partial charge is 0.353 e. The Morgan fingerprint density at radius 3 is 2.22 bits per heavy atom. The second-order valence-corrected chi connectivity index (χ2v) is 5.68. The molecule has 0 amide bonds. The molecule has 0 saturated carbocycles. The van der Waals surface area contributed by atoms with Crippen LogP contribution in [0.3, 0.4) is 0 Å². The fourth-order valence-corrected chi connectivity index (χ4v) is 3.04. The van der Waals surface area contributed by atoms with Gasteiger partial charge in [0.05, 0.1) is 31.1 Å². The zero-order chi connectivity index (χ0) is 20.1. The van der Waals surface area contributed by atoms with Gasteiger partial charge in [0.2, 0.25) is 0 Å². The third-order valence-electron chi connectivity index (χ3n) is 4.18. The van der Waals surface area contributed by atoms with Gasteiger partial charge in [-0.2, -0.15) is 0 Å². The van der Waals surface area contributed by atoms with Crippen molar-refractivity contribution >= 4 is 18.0 Å². The molecule has 1 aromatic heterocycles. The summed E-state index contributed by atoms with van der Waals surface area (Å²) in [6.45, 7) is -0.685. The third kappa shape index (κ3) is 3.81. The first-order valence-corrected chi connectivity index (χ1v) is 7.98. The first-order chi connectivity index (χ1) is 12.9. The van der Waals surface area contributed by atoms with E-state index in [0.717, 1.165) is 0 Å². The molecule has 144 valence electrons. The van der Waals surface area contributed by atoms with E-state index in [9.17, 15) is 30.0 Å². The van der Waals surface area contributed by atoms with Crippen molar-refractivity contribution in [3.05, 3.63) is 45.8 Å². The summed E-state index contributed by atoms with van der Waals surface area (Å²) in [5.41, 5.74) is 1.12. The molecule has 2 rings (SSSR count). The highest BCUT2D eigenvalue weighted by molar-refractivity contribution is 6.12. The summed E-state index contributed by atoms with van der Waals surface area (Å²) in [6, 6.07) is 3.04. The van der Waals surface area contributed by atoms with Gasteiger partial charge in [0, 0.05) is 11.8 Å². The fourth-order valence-electron chi connectivity index (χ4n) is 3.04. The predicted octanol–water partition coefficient (Wildman–Crippen LogP) is 0.428. The maximum Gasteiger partial charge on any atom is 0.353 e. The Morgan fingerprint density at radius 2 is 1.74 bits per heavy atom. The average molecular weight is 376 g/mol. The molecule has 0 aliphatic heterocycles. The van der Waals surface area contributed by atoms with E-state index in [1.807, 2.05) is 0 Å². The van der Waals surface area contributed by atoms with Crippen LogP contribution in [-0.4, -0.2) is 55.2 Å². The molecule has 6 N–H and O–H groups in total. The maximum atomic E-state index is 12.2. The third-order valence-corrected chi connectivity index (χ3v) is 4.18. The number of aromatic amines is 1. The number of aromatic carboxylic acids is 1. The van der Waals surface area contributed by atoms with E-state index in [2.05, 4.69) is 9.98 Å². The van der Waals surface area contributed by atoms with Crippen LogP contribution >= 0.6 is 0 Å². The first-order valence-electron chi connectivity index (χ1n) is 7.98. The summed E-state index contributed by atoms with van der Waals surface area (Å²) in [5.74, 6) is -1.88. The van der Waals surface area contributed by atoms with Crippen LogP contribution in [0.4, 0.5) is 0 Å². The van der Waals surface area contributed by atoms with Gasteiger partial charge in [-0.05, 0) is 29.2 Å². The molecule has 0 spiro atoms. The number of nitrogens with zero attached hydrogens (tertiary/aromatic N) is 1. The number of hydrogen-bond donors (Lipinski definition) is 6. The van der Waals surface area contributed by atoms with E-state index in [1.54, 1.807) is 0 Å². The highest BCUT2D eigenvalue weighted by Gasteiger charge is 2.27. The SMILES string of the molecule is CC(=O)c1c(C(=O)O)[nH]c(/C=N/CO)c1-c1ccc(CO)c(CO)c1CO. The van der Waals surface area contributed by atoms with Crippen LogP contribution in [0, 0.1) is 0 Å². The molecular formula is C18H20N2O7. The molecule has 9 heteroatoms. The number of H-pyrrole nitrogens is 1. The maximum absolute atomic E-state index is 12.2. The van der Waals surface area contributed by atoms with E-state index >= 15 is 0 Å². The van der Waals surface area contributed by atoms with Crippen molar-refractivity contribution in [1.29, 1.82) is 0 Å². The van der Waals surface area contributed by atoms with E-state index in [1.165, 1.54) is 25.3 Å². The van der Waals surface area contributed by atoms with Gasteiger partial charge in [-0.3, -0.25) is 9.79 Å². The van der Waals surface area contributed by atoms with Crippen molar-refractivity contribution in [3.8, 4) is 11.1 Å². The van der Waals surface area contributed by atoms with E-state index in [-0.39, 0.29) is 40.2 Å². The van der Waals surface area contributed by atoms with Crippen molar-refractivity contribution in [3.63, 3.8) is 0 Å². The summed E-state index contributed by atoms with van der Waals surface area (Å²) in [6.07, 6.45) is 1.19. The van der Waals surface area contributed by atoms with Crippen molar-refractivity contribution in [2.45, 2.75) is 26.7 Å². The molecule has 0 radical (unpaired) electrons. The number of aliphatic hydroxyl groups is 4. The van der Waals surface area contributed by atoms with Crippen molar-refractivity contribution in [1.82, 2.24) is 4.98 Å². The number of nitrogens with one attached hydrogen (secondary N) is 1. The molecule has 0 aliphatic rings. The Kier molecular flexibility index (Phi) is 6.59. The second-order valence-electron chi connectivity index (χ2n) is 5.68. The lowest BCUT2D eigenvalue weighted by atomic mass is 9.89. The molecule has 27 heavy (non-hydrogen) atoms. The van der Waals surface area contributed by atoms with Gasteiger partial charge in [0.25, 0.3) is 0 Å². The number of aromatic nitrogens is 1. The van der Waals surface area contributed by atoms with E-state index < -0.39 is 31.7 Å². The number of carbonyl (C=O) groups is 2. The van der Waals surface area contributed by atoms with Crippen molar-refractivity contribution < 1.29 is 35.1 Å². The Labute approximate surface area is 154 Å². The highest BCUT2D eigenvalue weighted by atomic mass is 16.4. The molecule has 0 unspecified atom stereocenters. The minimum Gasteiger partial charge on any atom is -0.477 e. The predicted molar refractivity (Wildman–Crippen MR) is 95.6 cm³/mol. The Hall–Kier alpha value is -2.85. The van der Waals surface area contributed by atoms with Crippen molar-refractivity contribution in [2.24, 2.45) is 4.99 Å². The summed E-state index contributed by atoms with van der Waals surface area (Å²) in [5, 5.41) is 47.3. The molecule has 2 aromatic rings. The second kappa shape index (κ2) is 8.69. The van der Waals surface area contributed by atoms with Crippen LogP contribution < -0.4 is 0 Å². The van der Waals surface area contributed by atoms with Crippen LogP contribution in [0.5, 0.6) is 0 Å². The fraction of sp³-hybridized carbons (Fsp3) is 0.278. The van der Waals surface area contributed by atoms with Crippen LogP contribution in [0.25, 0.3) is 11.1 Å². The number of carboxylic acid groups (broad SMARTS) is 1. The molecule has 0 aliphatic carbocycles. The number of hydrogen-bond acceptors (Lipinski definition) is 7. The summed E-state index contributed by atoms with van der Waals surface area (Å²) >= 11 is 0. The molecule has 9 nitrogen and oxygen atoms in total. The van der Waals surface area contributed by atoms with Gasteiger partial charge in [-0.1, -0.05) is 12.1 Å². The van der Waals surface area contributed by atoms with Crippen LogP contribution in [0.2, 0.25) is 0 Å². The van der Waals surface area contributed by atoms with E-state index in [0.29, 0.717) is 11.1 Å². The van der Waals surface area contributed by atoms with Crippen LogP contribution in [-0.2, 0) is 19.8 Å². The minimum absolute atomic E-state index is 0.114. The number of aliphatic hydroxyl groups excluding tert-OH is 4. The molecule has 0 saturated heterocycles. The van der Waals surface area contributed by atoms with Gasteiger partial charge in [-0.15, -0.1) is 0 Å². The average Bonchev–Trinajstić information content (AvgIpc) is 3.04. The number of aliphatic imine (C=N–C) groups is 1. The zero-order valence-corrected chi connectivity index (χ0v) is 14.6. The summed E-state index contributed by atoms with van der Waals surface area (Å²) in [7, 11) is 0. The number of rotatable bonds is 8. The van der Waals surface area contributed by atoms with Crippen LogP contribution in [0.1, 0.15) is 50.2 Å². The molecular weight excluding hydrogens is 356 g/mol. The lowest BCUT2D eigenvalue weighted by Gasteiger charge is -2.16. The number of carboxylic acids is 1. The Morgan fingerprint density at radius 1 is 1.07 bits per heavy atom. The Bertz CT molecular complexity index is 900. The lowest BCUT2D eigenvalue weighted by molar-refractivity contribution is 0.0686. The van der Waals surface area contributed by atoms with Gasteiger partial charge in [0.1, 0.15) is 12.4 Å². The van der Waals surface area contributed by atoms with Crippen molar-refractivity contribution in [2.75, 3.05) is 6.73 Å². The molecule has 1 aromatic carbocycles. The van der Waals surface area contributed by atoms with E-state index in [4.69, 9.17) is 5.11 Å². The number of benzene rings is 1. The lowest BCUT2D eigenvalue weighted by Crippen LogP contribution is -2.07. The van der Waals surface area contributed by atoms with Gasteiger partial charge >= 0.3 is 5.97 Å². The monoisotopic (exact) mass is 376 g/mol. The normalized spacial score (nSPS) is 11.3. The quantitative estimate of drug-likeness (QED) is 0.287. The number of ketones is 1.